The van der Waals surface area contributed by atoms with Gasteiger partial charge in [0.2, 0.25) is 0 Å². The average Bonchev–Trinajstić information content (AvgIpc) is 2.66. The molecule has 1 atom stereocenters. The normalized spacial score (nSPS) is 16.4. The minimum atomic E-state index is -0.618. The Labute approximate surface area is 164 Å². The van der Waals surface area contributed by atoms with Crippen LogP contribution in [-0.4, -0.2) is 18.6 Å². The van der Waals surface area contributed by atoms with Gasteiger partial charge in [0.1, 0.15) is 11.5 Å². The van der Waals surface area contributed by atoms with E-state index in [1.54, 1.807) is 6.92 Å². The molecule has 0 spiro atoms. The van der Waals surface area contributed by atoms with Gasteiger partial charge in [-0.15, -0.1) is 0 Å². The number of ether oxygens (including phenoxy) is 2. The molecular weight excluding hydrogens is 356 g/mol. The number of nitrogens with one attached hydrogen (secondary N) is 2. The van der Waals surface area contributed by atoms with Gasteiger partial charge in [0.25, 0.3) is 0 Å². The Balaban J connectivity index is 1.89. The largest absolute Gasteiger partial charge is 0.462 e. The van der Waals surface area contributed by atoms with Gasteiger partial charge < -0.3 is 20.1 Å². The maximum absolute atomic E-state index is 12.7. The van der Waals surface area contributed by atoms with Crippen molar-refractivity contribution in [1.29, 1.82) is 0 Å². The first-order valence-electron chi connectivity index (χ1n) is 9.22. The number of carbonyl (C=O) groups excluding carboxylic acids is 2. The maximum Gasteiger partial charge on any atom is 0.338 e. The third-order valence-corrected chi connectivity index (χ3v) is 4.21. The molecule has 0 unspecified atom stereocenters. The second kappa shape index (κ2) is 8.61. The first-order valence-corrected chi connectivity index (χ1v) is 9.22. The van der Waals surface area contributed by atoms with Crippen LogP contribution in [0.15, 0.2) is 65.9 Å². The Kier molecular flexibility index (Phi) is 5.99. The molecule has 0 aliphatic carbocycles. The summed E-state index contributed by atoms with van der Waals surface area (Å²) in [5, 5.41) is 5.46. The molecule has 1 aliphatic heterocycles. The Morgan fingerprint density at radius 2 is 1.79 bits per heavy atom. The number of hydrogen-bond acceptors (Lipinski definition) is 4. The smallest absolute Gasteiger partial charge is 0.338 e. The number of urea groups is 1. The number of hydrogen-bond donors (Lipinski definition) is 2. The summed E-state index contributed by atoms with van der Waals surface area (Å²) in [7, 11) is 0. The van der Waals surface area contributed by atoms with Crippen molar-refractivity contribution in [1.82, 2.24) is 10.6 Å². The van der Waals surface area contributed by atoms with Crippen molar-refractivity contribution in [2.75, 3.05) is 6.61 Å². The number of allylic oxidation sites excluding steroid dienone is 1. The lowest BCUT2D eigenvalue weighted by molar-refractivity contribution is -0.140. The molecule has 0 saturated heterocycles. The van der Waals surface area contributed by atoms with E-state index in [0.29, 0.717) is 29.4 Å². The van der Waals surface area contributed by atoms with E-state index in [1.807, 2.05) is 68.4 Å². The maximum atomic E-state index is 12.7. The highest BCUT2D eigenvalue weighted by molar-refractivity contribution is 5.95. The standard InChI is InChI=1S/C22H24N2O4/c1-14(2)13-27-21(25)19-15(3)23-22(26)24-20(19)16-8-7-11-18(12-16)28-17-9-5-4-6-10-17/h4-12,14,20H,13H2,1-3H3,(H2,23,24,26)/t20-/m1/s1. The van der Waals surface area contributed by atoms with Gasteiger partial charge in [-0.25, -0.2) is 9.59 Å². The minimum absolute atomic E-state index is 0.219. The highest BCUT2D eigenvalue weighted by Crippen LogP contribution is 2.31. The molecule has 6 nitrogen and oxygen atoms in total. The van der Waals surface area contributed by atoms with Gasteiger partial charge in [-0.1, -0.05) is 44.2 Å². The van der Waals surface area contributed by atoms with Crippen LogP contribution in [0.2, 0.25) is 0 Å². The lowest BCUT2D eigenvalue weighted by Gasteiger charge is -2.28. The van der Waals surface area contributed by atoms with Crippen LogP contribution < -0.4 is 15.4 Å². The quantitative estimate of drug-likeness (QED) is 0.733. The summed E-state index contributed by atoms with van der Waals surface area (Å²) in [6.07, 6.45) is 0. The van der Waals surface area contributed by atoms with E-state index < -0.39 is 12.0 Å². The van der Waals surface area contributed by atoms with Gasteiger partial charge in [-0.2, -0.15) is 0 Å². The van der Waals surface area contributed by atoms with Crippen LogP contribution in [0, 0.1) is 5.92 Å². The number of para-hydroxylation sites is 1. The Bertz CT molecular complexity index is 890. The summed E-state index contributed by atoms with van der Waals surface area (Å²) < 4.78 is 11.3. The van der Waals surface area contributed by atoms with Crippen molar-refractivity contribution in [3.8, 4) is 11.5 Å². The fraction of sp³-hybridized carbons (Fsp3) is 0.273. The number of rotatable bonds is 6. The van der Waals surface area contributed by atoms with Crippen LogP contribution in [-0.2, 0) is 9.53 Å². The predicted molar refractivity (Wildman–Crippen MR) is 106 cm³/mol. The topological polar surface area (TPSA) is 76.7 Å². The first kappa shape index (κ1) is 19.5. The molecule has 2 N–H and O–H groups in total. The third kappa shape index (κ3) is 4.71. The zero-order chi connectivity index (χ0) is 20.1. The molecule has 6 heteroatoms. The number of amides is 2. The molecule has 3 rings (SSSR count). The Morgan fingerprint density at radius 1 is 1.07 bits per heavy atom. The van der Waals surface area contributed by atoms with Crippen molar-refractivity contribution in [2.24, 2.45) is 5.92 Å². The molecule has 2 aromatic carbocycles. The van der Waals surface area contributed by atoms with Crippen molar-refractivity contribution >= 4 is 12.0 Å². The molecule has 28 heavy (non-hydrogen) atoms. The van der Waals surface area contributed by atoms with Gasteiger partial charge in [-0.3, -0.25) is 0 Å². The molecule has 0 aromatic heterocycles. The van der Waals surface area contributed by atoms with E-state index in [-0.39, 0.29) is 11.9 Å². The fourth-order valence-corrected chi connectivity index (χ4v) is 2.92. The van der Waals surface area contributed by atoms with E-state index >= 15 is 0 Å². The van der Waals surface area contributed by atoms with E-state index in [1.165, 1.54) is 0 Å². The molecule has 1 heterocycles. The summed E-state index contributed by atoms with van der Waals surface area (Å²) in [5.41, 5.74) is 1.60. The number of benzene rings is 2. The second-order valence-electron chi connectivity index (χ2n) is 7.05. The van der Waals surface area contributed by atoms with Crippen LogP contribution in [0.25, 0.3) is 0 Å². The monoisotopic (exact) mass is 380 g/mol. The molecule has 146 valence electrons. The highest BCUT2D eigenvalue weighted by atomic mass is 16.5. The van der Waals surface area contributed by atoms with Crippen LogP contribution >= 0.6 is 0 Å². The summed E-state index contributed by atoms with van der Waals surface area (Å²) in [4.78, 5) is 24.7. The average molecular weight is 380 g/mol. The first-order chi connectivity index (χ1) is 13.4. The van der Waals surface area contributed by atoms with E-state index in [9.17, 15) is 9.59 Å². The van der Waals surface area contributed by atoms with Gasteiger partial charge in [0, 0.05) is 5.70 Å². The van der Waals surface area contributed by atoms with Gasteiger partial charge in [0.05, 0.1) is 18.2 Å². The lowest BCUT2D eigenvalue weighted by Crippen LogP contribution is -2.45. The Morgan fingerprint density at radius 3 is 2.50 bits per heavy atom. The van der Waals surface area contributed by atoms with Crippen molar-refractivity contribution in [2.45, 2.75) is 26.8 Å². The van der Waals surface area contributed by atoms with E-state index in [4.69, 9.17) is 9.47 Å². The molecular formula is C22H24N2O4. The summed E-state index contributed by atoms with van der Waals surface area (Å²) in [6, 6.07) is 15.7. The van der Waals surface area contributed by atoms with Crippen LogP contribution in [0.3, 0.4) is 0 Å². The fourth-order valence-electron chi connectivity index (χ4n) is 2.92. The summed E-state index contributed by atoms with van der Waals surface area (Å²) in [5.74, 6) is 1.09. The molecule has 1 aliphatic rings. The summed E-state index contributed by atoms with van der Waals surface area (Å²) in [6.45, 7) is 5.95. The van der Waals surface area contributed by atoms with E-state index in [2.05, 4.69) is 10.6 Å². The van der Waals surface area contributed by atoms with Crippen LogP contribution in [0.5, 0.6) is 11.5 Å². The van der Waals surface area contributed by atoms with Crippen LogP contribution in [0.4, 0.5) is 4.79 Å². The minimum Gasteiger partial charge on any atom is -0.462 e. The number of carbonyl (C=O) groups is 2. The molecule has 2 aromatic rings. The molecule has 2 amide bonds. The zero-order valence-corrected chi connectivity index (χ0v) is 16.2. The van der Waals surface area contributed by atoms with E-state index in [0.717, 1.165) is 5.56 Å². The number of esters is 1. The van der Waals surface area contributed by atoms with Crippen LogP contribution in [0.1, 0.15) is 32.4 Å². The van der Waals surface area contributed by atoms with Gasteiger partial charge >= 0.3 is 12.0 Å². The second-order valence-corrected chi connectivity index (χ2v) is 7.05. The Hall–Kier alpha value is -3.28. The van der Waals surface area contributed by atoms with Gasteiger partial charge in [-0.05, 0) is 42.7 Å². The predicted octanol–water partition coefficient (Wildman–Crippen LogP) is 4.31. The zero-order valence-electron chi connectivity index (χ0n) is 16.2. The van der Waals surface area contributed by atoms with Gasteiger partial charge in [0.15, 0.2) is 0 Å². The molecule has 0 bridgehead atoms. The third-order valence-electron chi connectivity index (χ3n) is 4.21. The van der Waals surface area contributed by atoms with Crippen molar-refractivity contribution in [3.63, 3.8) is 0 Å². The van der Waals surface area contributed by atoms with Crippen molar-refractivity contribution < 1.29 is 19.1 Å². The lowest BCUT2D eigenvalue weighted by atomic mass is 9.95. The SMILES string of the molecule is CC1=C(C(=O)OCC(C)C)[C@@H](c2cccc(Oc3ccccc3)c2)NC(=O)N1. The molecule has 0 fully saturated rings. The highest BCUT2D eigenvalue weighted by Gasteiger charge is 2.32. The molecule has 0 saturated carbocycles. The summed E-state index contributed by atoms with van der Waals surface area (Å²) >= 11 is 0. The molecule has 0 radical (unpaired) electrons. The van der Waals surface area contributed by atoms with Crippen molar-refractivity contribution in [3.05, 3.63) is 71.4 Å².